The predicted molar refractivity (Wildman–Crippen MR) is 195 cm³/mol. The van der Waals surface area contributed by atoms with E-state index in [4.69, 9.17) is 26.3 Å². The zero-order valence-corrected chi connectivity index (χ0v) is 23.4. The van der Waals surface area contributed by atoms with Crippen LogP contribution in [0.25, 0.3) is 88.0 Å². The molecule has 1 heteroatoms. The zero-order valence-electron chi connectivity index (χ0n) is 50.4. The second kappa shape index (κ2) is 10.6. The molecule has 216 valence electrons. The van der Waals surface area contributed by atoms with Crippen LogP contribution in [0.1, 0.15) is 42.6 Å². The molecule has 0 saturated heterocycles. The molecule has 0 aliphatic heterocycles. The number of hydrogen-bond acceptors (Lipinski definition) is 1. The molecule has 8 aromatic carbocycles. The summed E-state index contributed by atoms with van der Waals surface area (Å²) in [6, 6.07) is -24.3. The van der Waals surface area contributed by atoms with Crippen LogP contribution in [0.2, 0.25) is 0 Å². The molecule has 0 bridgehead atoms. The lowest BCUT2D eigenvalue weighted by molar-refractivity contribution is 0.669. The summed E-state index contributed by atoms with van der Waals surface area (Å²) in [4.78, 5) is 0. The van der Waals surface area contributed by atoms with E-state index in [-0.39, 0.29) is 16.3 Å². The summed E-state index contributed by atoms with van der Waals surface area (Å²) in [5.41, 5.74) is -7.41. The van der Waals surface area contributed by atoms with Crippen molar-refractivity contribution in [3.8, 4) is 44.5 Å². The average Bonchev–Trinajstić information content (AvgIpc) is 3.78. The van der Waals surface area contributed by atoms with Gasteiger partial charge in [-0.25, -0.2) is 0 Å². The van der Waals surface area contributed by atoms with Crippen LogP contribution >= 0.6 is 0 Å². The third-order valence-corrected chi connectivity index (χ3v) is 7.32. The van der Waals surface area contributed by atoms with E-state index in [1.807, 2.05) is 0 Å². The number of para-hydroxylation sites is 1. The van der Waals surface area contributed by atoms with E-state index in [2.05, 4.69) is 0 Å². The molecule has 9 rings (SSSR count). The van der Waals surface area contributed by atoms with Gasteiger partial charge in [0, 0.05) is 10.8 Å². The van der Waals surface area contributed by atoms with Crippen LogP contribution < -0.4 is 0 Å². The monoisotopic (exact) mass is 613 g/mol. The molecule has 0 unspecified atom stereocenters. The molecule has 1 aromatic heterocycles. The van der Waals surface area contributed by atoms with E-state index in [0.717, 1.165) is 0 Å². The minimum Gasteiger partial charge on any atom is -0.456 e. The van der Waals surface area contributed by atoms with E-state index >= 15 is 0 Å². The first-order valence-corrected chi connectivity index (χ1v) is 13.7. The molecule has 1 heterocycles. The topological polar surface area (TPSA) is 13.1 Å². The third kappa shape index (κ3) is 4.24. The molecule has 0 aliphatic rings. The van der Waals surface area contributed by atoms with Crippen molar-refractivity contribution in [2.75, 3.05) is 0 Å². The summed E-state index contributed by atoms with van der Waals surface area (Å²) in [5, 5.41) is -3.47. The van der Waals surface area contributed by atoms with Gasteiger partial charge in [0.25, 0.3) is 0 Å². The maximum Gasteiger partial charge on any atom is 0.136 e. The molecule has 0 aliphatic carbocycles. The first kappa shape index (κ1) is 10.9. The molecular formula is C45H30O. The summed E-state index contributed by atoms with van der Waals surface area (Å²) in [5.74, 6) is 0. The molecule has 46 heavy (non-hydrogen) atoms. The van der Waals surface area contributed by atoms with Crippen molar-refractivity contribution in [2.24, 2.45) is 0 Å². The average molecular weight is 614 g/mol. The molecule has 0 spiro atoms. The fraction of sp³-hybridized carbons (Fsp3) is 0.0222. The van der Waals surface area contributed by atoms with Gasteiger partial charge in [-0.05, 0) is 91.1 Å². The summed E-state index contributed by atoms with van der Waals surface area (Å²) in [6.45, 7) is 1.22. The predicted octanol–water partition coefficient (Wildman–Crippen LogP) is 12.9. The number of hydrogen-bond donors (Lipinski definition) is 0. The first-order chi connectivity index (χ1) is 34.0. The van der Waals surface area contributed by atoms with Crippen LogP contribution in [0, 0.1) is 6.92 Å². The molecular weight excluding hydrogens is 556 g/mol. The zero-order chi connectivity index (χ0) is 54.1. The Morgan fingerprint density at radius 2 is 0.935 bits per heavy atom. The number of furan rings is 1. The van der Waals surface area contributed by atoms with Crippen molar-refractivity contribution in [3.05, 3.63) is 169 Å². The quantitative estimate of drug-likeness (QED) is 0.180. The Labute approximate surface area is 305 Å². The van der Waals surface area contributed by atoms with E-state index in [0.29, 0.717) is 0 Å². The van der Waals surface area contributed by atoms with Crippen LogP contribution in [0.15, 0.2) is 168 Å². The highest BCUT2D eigenvalue weighted by Gasteiger charge is 2.19. The van der Waals surface area contributed by atoms with Gasteiger partial charge >= 0.3 is 0 Å². The van der Waals surface area contributed by atoms with Crippen molar-refractivity contribution in [1.29, 1.82) is 0 Å². The maximum absolute atomic E-state index is 9.58. The number of fused-ring (bicyclic) bond motifs is 5. The van der Waals surface area contributed by atoms with Crippen molar-refractivity contribution in [3.63, 3.8) is 0 Å². The molecule has 0 N–H and O–H groups in total. The summed E-state index contributed by atoms with van der Waals surface area (Å²) < 4.78 is 248. The normalized spacial score (nSPS) is 19.8. The smallest absolute Gasteiger partial charge is 0.136 e. The summed E-state index contributed by atoms with van der Waals surface area (Å²) in [7, 11) is 0. The third-order valence-electron chi connectivity index (χ3n) is 7.32. The fourth-order valence-electron chi connectivity index (χ4n) is 5.36. The Hall–Kier alpha value is -5.92. The van der Waals surface area contributed by atoms with E-state index in [1.54, 1.807) is 0 Å². The Balaban J connectivity index is 1.53. The van der Waals surface area contributed by atoms with Crippen molar-refractivity contribution < 1.29 is 41.4 Å². The largest absolute Gasteiger partial charge is 0.456 e. The molecule has 0 amide bonds. The lowest BCUT2D eigenvalue weighted by atomic mass is 9.83. The van der Waals surface area contributed by atoms with Gasteiger partial charge in [-0.3, -0.25) is 0 Å². The minimum absolute atomic E-state index is 0.281. The highest BCUT2D eigenvalue weighted by Crippen LogP contribution is 2.46. The Bertz CT molecular complexity index is 3980. The van der Waals surface area contributed by atoms with Crippen molar-refractivity contribution in [1.82, 2.24) is 0 Å². The molecule has 1 nitrogen and oxygen atoms in total. The van der Waals surface area contributed by atoms with Gasteiger partial charge in [-0.2, -0.15) is 0 Å². The van der Waals surface area contributed by atoms with Crippen LogP contribution in [-0.4, -0.2) is 0 Å². The lowest BCUT2D eigenvalue weighted by Gasteiger charge is -2.20. The number of rotatable bonds is 4. The molecule has 0 atom stereocenters. The first-order valence-electron chi connectivity index (χ1n) is 27.2. The Kier molecular flexibility index (Phi) is 2.50. The number of benzene rings is 8. The maximum atomic E-state index is 9.58. The second-order valence-corrected chi connectivity index (χ2v) is 10.0. The molecule has 0 fully saturated rings. The van der Waals surface area contributed by atoms with Gasteiger partial charge in [0.15, 0.2) is 0 Å². The van der Waals surface area contributed by atoms with Crippen LogP contribution in [0.5, 0.6) is 0 Å². The molecule has 9 aromatic rings. The van der Waals surface area contributed by atoms with Crippen molar-refractivity contribution in [2.45, 2.75) is 6.92 Å². The lowest BCUT2D eigenvalue weighted by Crippen LogP contribution is -1.93. The van der Waals surface area contributed by atoms with E-state index in [1.165, 1.54) is 6.92 Å². The highest BCUT2D eigenvalue weighted by atomic mass is 16.3. The highest BCUT2D eigenvalue weighted by molar-refractivity contribution is 6.22. The van der Waals surface area contributed by atoms with E-state index < -0.39 is 240 Å². The van der Waals surface area contributed by atoms with Gasteiger partial charge < -0.3 is 4.42 Å². The molecule has 0 radical (unpaired) electrons. The Morgan fingerprint density at radius 1 is 0.370 bits per heavy atom. The van der Waals surface area contributed by atoms with Gasteiger partial charge in [0.2, 0.25) is 0 Å². The fourth-order valence-corrected chi connectivity index (χ4v) is 5.36. The summed E-state index contributed by atoms with van der Waals surface area (Å²) >= 11 is 0. The van der Waals surface area contributed by atoms with Crippen LogP contribution in [0.4, 0.5) is 0 Å². The Morgan fingerprint density at radius 3 is 1.74 bits per heavy atom. The van der Waals surface area contributed by atoms with Crippen LogP contribution in [-0.2, 0) is 0 Å². The van der Waals surface area contributed by atoms with Crippen molar-refractivity contribution >= 4 is 43.5 Å². The second-order valence-electron chi connectivity index (χ2n) is 10.0. The SMILES string of the molecule is [2H]c1c([2H])c([2H])c(-c2c([2H])c([2H])c([2H])c([2H])c2-c2c3c([2H])c([2H])c([2H])c([2H])c3c(-c3c([2H])c([2H])c(-c4c([2H])c([2H])c5c(oc6c([2H])c([2H])c([2H])c([2H])c65)c4[2H])c([2H])c3[2H])c3c([2H])c([2H])c(C)c([2H])c23)c([2H])c1[2H]. The van der Waals surface area contributed by atoms with Crippen LogP contribution in [0.3, 0.4) is 0 Å². The van der Waals surface area contributed by atoms with Gasteiger partial charge in [0.05, 0.1) is 37.0 Å². The van der Waals surface area contributed by atoms with Gasteiger partial charge in [-0.15, -0.1) is 0 Å². The van der Waals surface area contributed by atoms with Gasteiger partial charge in [-0.1, -0.05) is 151 Å². The minimum atomic E-state index is -1.06. The standard InChI is InChI=1S/C45H30O/c1-29-19-25-40-41(27-29)45(37-15-6-5-13-34(37)31-11-3-2-4-12-31)39-17-8-7-16-38(39)44(40)32-22-20-30(21-23-32)33-24-26-36-35-14-9-10-18-42(35)46-43(36)28-33/h2-28H,1H3/i2D,3D,4D,5D,6D,7D,8D,9D,10D,11D,12D,13D,14D,15D,16D,17D,18D,19D,20D,21D,22D,23D,24D,25D,26D,27D,28D. The van der Waals surface area contributed by atoms with Gasteiger partial charge in [0.1, 0.15) is 11.2 Å². The summed E-state index contributed by atoms with van der Waals surface area (Å²) in [6.07, 6.45) is 0. The van der Waals surface area contributed by atoms with E-state index in [9.17, 15) is 15.1 Å². The molecule has 0 saturated carbocycles.